The summed E-state index contributed by atoms with van der Waals surface area (Å²) in [5.41, 5.74) is 7.10. The number of hydrogen-bond acceptors (Lipinski definition) is 3. The number of benzene rings is 2. The topological polar surface area (TPSA) is 71.3 Å². The third-order valence-electron chi connectivity index (χ3n) is 5.93. The lowest BCUT2D eigenvalue weighted by Crippen LogP contribution is -2.44. The molecule has 0 fully saturated rings. The number of nitrogens with two attached hydrogens (primary N) is 1. The van der Waals surface area contributed by atoms with E-state index in [0.29, 0.717) is 42.5 Å². The molecule has 1 aliphatic rings. The Balaban J connectivity index is 0.00000289. The molecule has 172 valence electrons. The van der Waals surface area contributed by atoms with Crippen LogP contribution >= 0.6 is 12.4 Å². The van der Waals surface area contributed by atoms with E-state index in [1.807, 2.05) is 6.92 Å². The van der Waals surface area contributed by atoms with Gasteiger partial charge in [-0.15, -0.1) is 12.4 Å². The van der Waals surface area contributed by atoms with Gasteiger partial charge in [0.25, 0.3) is 5.91 Å². The minimum atomic E-state index is -0.645. The average molecular weight is 468 g/mol. The van der Waals surface area contributed by atoms with Crippen molar-refractivity contribution in [3.05, 3.63) is 64.6 Å². The summed E-state index contributed by atoms with van der Waals surface area (Å²) in [6.07, 6.45) is 3.53. The summed E-state index contributed by atoms with van der Waals surface area (Å²) < 4.78 is 47.6. The first-order chi connectivity index (χ1) is 14.9. The smallest absolute Gasteiger partial charge is 0.252 e. The lowest BCUT2D eigenvalue weighted by Gasteiger charge is -2.35. The normalized spacial score (nSPS) is 15.3. The first kappa shape index (κ1) is 23.9. The zero-order valence-electron chi connectivity index (χ0n) is 17.6. The number of rotatable bonds is 7. The Morgan fingerprint density at radius 2 is 2.03 bits per heavy atom. The van der Waals surface area contributed by atoms with Gasteiger partial charge in [-0.2, -0.15) is 0 Å². The van der Waals surface area contributed by atoms with E-state index in [1.165, 1.54) is 18.2 Å². The molecular formula is C23H25ClF3N3O2. The molecule has 4 rings (SSSR count). The summed E-state index contributed by atoms with van der Waals surface area (Å²) in [5.74, 6) is -2.02. The molecule has 0 spiro atoms. The largest absolute Gasteiger partial charge is 0.491 e. The number of carbonyl (C=O) groups excluding carboxylic acids is 1. The van der Waals surface area contributed by atoms with Crippen LogP contribution in [-0.4, -0.2) is 41.5 Å². The van der Waals surface area contributed by atoms with Gasteiger partial charge in [-0.1, -0.05) is 6.92 Å². The van der Waals surface area contributed by atoms with Crippen LogP contribution in [0.2, 0.25) is 0 Å². The van der Waals surface area contributed by atoms with E-state index in [2.05, 4.69) is 9.88 Å². The molecule has 0 radical (unpaired) electrons. The Bertz CT molecular complexity index is 1140. The maximum absolute atomic E-state index is 14.4. The summed E-state index contributed by atoms with van der Waals surface area (Å²) in [4.78, 5) is 16.7. The van der Waals surface area contributed by atoms with Gasteiger partial charge in [-0.05, 0) is 56.1 Å². The molecule has 1 atom stereocenters. The standard InChI is InChI=1S/C23H24F3N3O2.ClH/c1-2-29(7-3-4-13-11-28-21-17(13)8-14(24)9-20(21)26)15-10-18-19(25)6-5-16(23(27)30)22(18)31-12-15;/h5-6,8-9,11,15,28H,2-4,7,10,12H2,1H3,(H2,27,30);1H. The number of H-pyrrole nitrogens is 1. The van der Waals surface area contributed by atoms with Crippen molar-refractivity contribution < 1.29 is 22.7 Å². The highest BCUT2D eigenvalue weighted by Gasteiger charge is 2.29. The second kappa shape index (κ2) is 9.83. The molecule has 3 aromatic rings. The highest BCUT2D eigenvalue weighted by molar-refractivity contribution is 5.96. The molecule has 32 heavy (non-hydrogen) atoms. The second-order valence-corrected chi connectivity index (χ2v) is 7.79. The van der Waals surface area contributed by atoms with Crippen molar-refractivity contribution in [2.24, 2.45) is 5.73 Å². The highest BCUT2D eigenvalue weighted by Crippen LogP contribution is 2.32. The first-order valence-corrected chi connectivity index (χ1v) is 10.3. The maximum Gasteiger partial charge on any atom is 0.252 e. The fraction of sp³-hybridized carbons (Fsp3) is 0.348. The molecule has 2 aromatic carbocycles. The number of nitrogens with one attached hydrogen (secondary N) is 1. The Morgan fingerprint density at radius 3 is 2.75 bits per heavy atom. The van der Waals surface area contributed by atoms with Gasteiger partial charge in [0.15, 0.2) is 0 Å². The summed E-state index contributed by atoms with van der Waals surface area (Å²) in [5, 5.41) is 0.552. The van der Waals surface area contributed by atoms with Crippen LogP contribution in [0.25, 0.3) is 10.9 Å². The van der Waals surface area contributed by atoms with Crippen LogP contribution in [-0.2, 0) is 12.8 Å². The average Bonchev–Trinajstić information content (AvgIpc) is 3.14. The highest BCUT2D eigenvalue weighted by atomic mass is 35.5. The van der Waals surface area contributed by atoms with Crippen molar-refractivity contribution in [1.29, 1.82) is 0 Å². The Labute approximate surface area is 190 Å². The summed E-state index contributed by atoms with van der Waals surface area (Å²) >= 11 is 0. The Hall–Kier alpha value is -2.71. The molecule has 0 saturated carbocycles. The van der Waals surface area contributed by atoms with E-state index in [0.717, 1.165) is 24.6 Å². The fourth-order valence-electron chi connectivity index (χ4n) is 4.35. The summed E-state index contributed by atoms with van der Waals surface area (Å²) in [7, 11) is 0. The fourth-order valence-corrected chi connectivity index (χ4v) is 4.35. The zero-order valence-corrected chi connectivity index (χ0v) is 18.4. The van der Waals surface area contributed by atoms with E-state index in [9.17, 15) is 18.0 Å². The number of primary amides is 1. The van der Waals surface area contributed by atoms with Gasteiger partial charge in [0.1, 0.15) is 29.8 Å². The molecule has 2 heterocycles. The maximum atomic E-state index is 14.4. The van der Waals surface area contributed by atoms with Crippen LogP contribution in [0.15, 0.2) is 30.5 Å². The molecule has 0 saturated heterocycles. The monoisotopic (exact) mass is 467 g/mol. The predicted molar refractivity (Wildman–Crippen MR) is 119 cm³/mol. The molecule has 0 aliphatic carbocycles. The Kier molecular flexibility index (Phi) is 7.36. The van der Waals surface area contributed by atoms with Crippen molar-refractivity contribution in [1.82, 2.24) is 9.88 Å². The molecule has 1 amide bonds. The van der Waals surface area contributed by atoms with E-state index >= 15 is 0 Å². The number of aryl methyl sites for hydroxylation is 1. The van der Waals surface area contributed by atoms with Gasteiger partial charge in [-0.3, -0.25) is 9.69 Å². The molecule has 9 heteroatoms. The van der Waals surface area contributed by atoms with Crippen molar-refractivity contribution >= 4 is 29.2 Å². The minimum absolute atomic E-state index is 0. The number of halogens is 4. The number of aromatic nitrogens is 1. The summed E-state index contributed by atoms with van der Waals surface area (Å²) in [6.45, 7) is 3.79. The first-order valence-electron chi connectivity index (χ1n) is 10.3. The lowest BCUT2D eigenvalue weighted by atomic mass is 9.97. The van der Waals surface area contributed by atoms with Crippen molar-refractivity contribution in [3.8, 4) is 5.75 Å². The summed E-state index contributed by atoms with van der Waals surface area (Å²) in [6, 6.07) is 4.75. The van der Waals surface area contributed by atoms with Crippen LogP contribution in [0.4, 0.5) is 13.2 Å². The van der Waals surface area contributed by atoms with Gasteiger partial charge >= 0.3 is 0 Å². The predicted octanol–water partition coefficient (Wildman–Crippen LogP) is 4.36. The van der Waals surface area contributed by atoms with Gasteiger partial charge in [-0.25, -0.2) is 13.2 Å². The molecule has 5 nitrogen and oxygen atoms in total. The van der Waals surface area contributed by atoms with Crippen LogP contribution in [0.1, 0.15) is 34.8 Å². The van der Waals surface area contributed by atoms with Crippen molar-refractivity contribution in [2.75, 3.05) is 19.7 Å². The number of aromatic amines is 1. The minimum Gasteiger partial charge on any atom is -0.491 e. The van der Waals surface area contributed by atoms with Gasteiger partial charge in [0.05, 0.1) is 11.1 Å². The van der Waals surface area contributed by atoms with Crippen LogP contribution in [0, 0.1) is 17.5 Å². The van der Waals surface area contributed by atoms with E-state index < -0.39 is 23.4 Å². The number of fused-ring (bicyclic) bond motifs is 2. The van der Waals surface area contributed by atoms with Crippen molar-refractivity contribution in [3.63, 3.8) is 0 Å². The molecule has 0 bridgehead atoms. The third kappa shape index (κ3) is 4.56. The third-order valence-corrected chi connectivity index (χ3v) is 5.93. The molecule has 1 aromatic heterocycles. The van der Waals surface area contributed by atoms with Gasteiger partial charge < -0.3 is 15.5 Å². The quantitative estimate of drug-likeness (QED) is 0.542. The van der Waals surface area contributed by atoms with E-state index in [4.69, 9.17) is 10.5 Å². The molecule has 1 unspecified atom stereocenters. The molecule has 3 N–H and O–H groups in total. The second-order valence-electron chi connectivity index (χ2n) is 7.79. The van der Waals surface area contributed by atoms with Crippen LogP contribution in [0.3, 0.4) is 0 Å². The SMILES string of the molecule is CCN(CCCc1c[nH]c2c(F)cc(F)cc12)C1COc2c(C(N)=O)ccc(F)c2C1.Cl. The van der Waals surface area contributed by atoms with Crippen LogP contribution < -0.4 is 10.5 Å². The number of nitrogens with zero attached hydrogens (tertiary/aromatic N) is 1. The van der Waals surface area contributed by atoms with Crippen LogP contribution in [0.5, 0.6) is 5.75 Å². The van der Waals surface area contributed by atoms with Gasteiger partial charge in [0.2, 0.25) is 0 Å². The zero-order chi connectivity index (χ0) is 22.1. The number of carbonyl (C=O) groups is 1. The van der Waals surface area contributed by atoms with E-state index in [-0.39, 0.29) is 29.8 Å². The Morgan fingerprint density at radius 1 is 1.25 bits per heavy atom. The molecular weight excluding hydrogens is 443 g/mol. The van der Waals surface area contributed by atoms with E-state index in [1.54, 1.807) is 6.20 Å². The van der Waals surface area contributed by atoms with Crippen molar-refractivity contribution in [2.45, 2.75) is 32.2 Å². The number of hydrogen-bond donors (Lipinski definition) is 2. The number of likely N-dealkylation sites (N-methyl/N-ethyl adjacent to an activating group) is 1. The lowest BCUT2D eigenvalue weighted by molar-refractivity contribution is 0.0979. The van der Waals surface area contributed by atoms with Gasteiger partial charge in [0, 0.05) is 29.3 Å². The number of ether oxygens (including phenoxy) is 1. The molecule has 1 aliphatic heterocycles. The number of amides is 1.